The van der Waals surface area contributed by atoms with Crippen molar-refractivity contribution in [3.63, 3.8) is 0 Å². The first kappa shape index (κ1) is 19.8. The van der Waals surface area contributed by atoms with E-state index in [1.807, 2.05) is 60.7 Å². The second-order valence-electron chi connectivity index (χ2n) is 6.21. The highest BCUT2D eigenvalue weighted by Crippen LogP contribution is 2.14. The van der Waals surface area contributed by atoms with Gasteiger partial charge in [0.15, 0.2) is 0 Å². The second kappa shape index (κ2) is 9.29. The Kier molecular flexibility index (Phi) is 6.56. The maximum Gasteiger partial charge on any atom is 0.240 e. The van der Waals surface area contributed by atoms with E-state index in [-0.39, 0.29) is 11.4 Å². The summed E-state index contributed by atoms with van der Waals surface area (Å²) in [4.78, 5) is 0.129. The molecule has 0 unspecified atom stereocenters. The predicted octanol–water partition coefficient (Wildman–Crippen LogP) is 3.75. The van der Waals surface area contributed by atoms with Gasteiger partial charge in [0.2, 0.25) is 10.0 Å². The lowest BCUT2D eigenvalue weighted by Gasteiger charge is -2.12. The van der Waals surface area contributed by atoms with E-state index in [1.54, 1.807) is 0 Å². The first-order valence-electron chi connectivity index (χ1n) is 8.77. The van der Waals surface area contributed by atoms with Crippen LogP contribution in [-0.4, -0.2) is 8.42 Å². The lowest BCUT2D eigenvalue weighted by atomic mass is 10.1. The van der Waals surface area contributed by atoms with Gasteiger partial charge in [-0.3, -0.25) is 0 Å². The van der Waals surface area contributed by atoms with Crippen LogP contribution in [0.3, 0.4) is 0 Å². The molecule has 6 heteroatoms. The van der Waals surface area contributed by atoms with E-state index in [0.717, 1.165) is 16.7 Å². The summed E-state index contributed by atoms with van der Waals surface area (Å²) in [7, 11) is -3.66. The summed E-state index contributed by atoms with van der Waals surface area (Å²) in [6, 6.07) is 25.3. The summed E-state index contributed by atoms with van der Waals surface area (Å²) < 4.78 is 33.4. The summed E-state index contributed by atoms with van der Waals surface area (Å²) in [5, 5.41) is 8.83. The Hall–Kier alpha value is -2.98. The molecule has 3 rings (SSSR count). The first-order chi connectivity index (χ1) is 13.6. The Morgan fingerprint density at radius 2 is 1.46 bits per heavy atom. The Morgan fingerprint density at radius 3 is 2.14 bits per heavy atom. The van der Waals surface area contributed by atoms with Gasteiger partial charge in [0.25, 0.3) is 0 Å². The number of benzene rings is 3. The number of nitrogens with one attached hydrogen (secondary N) is 1. The molecule has 0 aromatic heterocycles. The molecule has 0 aliphatic rings. The van der Waals surface area contributed by atoms with Crippen LogP contribution in [0, 0.1) is 11.3 Å². The van der Waals surface area contributed by atoms with Crippen molar-refractivity contribution in [2.75, 3.05) is 0 Å². The van der Waals surface area contributed by atoms with Crippen LogP contribution in [0.1, 0.15) is 22.3 Å². The fourth-order valence-electron chi connectivity index (χ4n) is 2.69. The highest BCUT2D eigenvalue weighted by Gasteiger charge is 2.14. The highest BCUT2D eigenvalue weighted by molar-refractivity contribution is 7.89. The molecular weight excluding hydrogens is 372 g/mol. The molecule has 0 aliphatic heterocycles. The Labute approximate surface area is 165 Å². The van der Waals surface area contributed by atoms with Crippen molar-refractivity contribution in [1.29, 1.82) is 5.26 Å². The van der Waals surface area contributed by atoms with Crippen LogP contribution < -0.4 is 4.72 Å². The number of nitriles is 1. The van der Waals surface area contributed by atoms with E-state index in [9.17, 15) is 8.42 Å². The fraction of sp³-hybridized carbons (Fsp3) is 0.136. The Bertz CT molecular complexity index is 1060. The van der Waals surface area contributed by atoms with Gasteiger partial charge in [0.1, 0.15) is 0 Å². The lowest BCUT2D eigenvalue weighted by Crippen LogP contribution is -2.23. The third kappa shape index (κ3) is 5.27. The number of hydrogen-bond donors (Lipinski definition) is 1. The zero-order valence-corrected chi connectivity index (χ0v) is 16.0. The molecular formula is C22H20N2O3S. The van der Waals surface area contributed by atoms with Gasteiger partial charge in [-0.2, -0.15) is 5.26 Å². The number of rotatable bonds is 8. The van der Waals surface area contributed by atoms with Crippen molar-refractivity contribution in [2.45, 2.75) is 24.7 Å². The molecule has 3 aromatic rings. The topological polar surface area (TPSA) is 79.2 Å². The van der Waals surface area contributed by atoms with Gasteiger partial charge in [-0.05, 0) is 41.0 Å². The first-order valence-corrected chi connectivity index (χ1v) is 10.2. The lowest BCUT2D eigenvalue weighted by molar-refractivity contribution is 0.106. The quantitative estimate of drug-likeness (QED) is 0.633. The molecule has 0 saturated heterocycles. The minimum Gasteiger partial charge on any atom is -0.372 e. The van der Waals surface area contributed by atoms with Gasteiger partial charge in [-0.15, -0.1) is 0 Å². The average Bonchev–Trinajstić information content (AvgIpc) is 2.74. The standard InChI is InChI=1S/C22H20N2O3S/c23-14-18-10-12-22(13-11-18)28(25,26)24-15-20-8-4-5-9-21(20)17-27-16-19-6-2-1-3-7-19/h1-13,24H,15-17H2. The fourth-order valence-corrected chi connectivity index (χ4v) is 3.70. The van der Waals surface area contributed by atoms with E-state index in [4.69, 9.17) is 10.00 Å². The Morgan fingerprint density at radius 1 is 0.821 bits per heavy atom. The molecule has 0 saturated carbocycles. The Balaban J connectivity index is 1.63. The molecule has 0 spiro atoms. The number of nitrogens with zero attached hydrogens (tertiary/aromatic N) is 1. The third-order valence-corrected chi connectivity index (χ3v) is 5.65. The molecule has 28 heavy (non-hydrogen) atoms. The third-order valence-electron chi connectivity index (χ3n) is 4.23. The molecule has 142 valence electrons. The zero-order valence-electron chi connectivity index (χ0n) is 15.2. The van der Waals surface area contributed by atoms with Crippen molar-refractivity contribution in [2.24, 2.45) is 0 Å². The second-order valence-corrected chi connectivity index (χ2v) is 7.97. The molecule has 0 heterocycles. The van der Waals surface area contributed by atoms with Crippen LogP contribution in [0.2, 0.25) is 0 Å². The monoisotopic (exact) mass is 392 g/mol. The van der Waals surface area contributed by atoms with Crippen molar-refractivity contribution >= 4 is 10.0 Å². The van der Waals surface area contributed by atoms with E-state index >= 15 is 0 Å². The average molecular weight is 392 g/mol. The van der Waals surface area contributed by atoms with Crippen molar-refractivity contribution < 1.29 is 13.2 Å². The number of hydrogen-bond acceptors (Lipinski definition) is 4. The summed E-state index contributed by atoms with van der Waals surface area (Å²) >= 11 is 0. The van der Waals surface area contributed by atoms with Crippen molar-refractivity contribution in [1.82, 2.24) is 4.72 Å². The van der Waals surface area contributed by atoms with E-state index in [2.05, 4.69) is 4.72 Å². The molecule has 0 fully saturated rings. The summed E-state index contributed by atoms with van der Waals surface area (Å²) in [6.07, 6.45) is 0. The SMILES string of the molecule is N#Cc1ccc(S(=O)(=O)NCc2ccccc2COCc2ccccc2)cc1. The normalized spacial score (nSPS) is 11.1. The minimum atomic E-state index is -3.66. The van der Waals surface area contributed by atoms with Gasteiger partial charge in [-0.1, -0.05) is 54.6 Å². The summed E-state index contributed by atoms with van der Waals surface area (Å²) in [5.74, 6) is 0. The van der Waals surface area contributed by atoms with Crippen LogP contribution in [0.15, 0.2) is 83.8 Å². The largest absolute Gasteiger partial charge is 0.372 e. The smallest absolute Gasteiger partial charge is 0.240 e. The highest BCUT2D eigenvalue weighted by atomic mass is 32.2. The van der Waals surface area contributed by atoms with Gasteiger partial charge >= 0.3 is 0 Å². The van der Waals surface area contributed by atoms with Crippen molar-refractivity contribution in [3.05, 3.63) is 101 Å². The molecule has 0 aliphatic carbocycles. The minimum absolute atomic E-state index is 0.129. The molecule has 1 N–H and O–H groups in total. The van der Waals surface area contributed by atoms with Crippen LogP contribution in [0.5, 0.6) is 0 Å². The molecule has 3 aromatic carbocycles. The van der Waals surface area contributed by atoms with Crippen LogP contribution >= 0.6 is 0 Å². The van der Waals surface area contributed by atoms with Crippen molar-refractivity contribution in [3.8, 4) is 6.07 Å². The van der Waals surface area contributed by atoms with Crippen LogP contribution in [-0.2, 0) is 34.5 Å². The van der Waals surface area contributed by atoms with Gasteiger partial charge in [-0.25, -0.2) is 13.1 Å². The molecule has 5 nitrogen and oxygen atoms in total. The maximum absolute atomic E-state index is 12.5. The molecule has 0 bridgehead atoms. The molecule has 0 atom stereocenters. The van der Waals surface area contributed by atoms with Gasteiger partial charge in [0.05, 0.1) is 29.7 Å². The van der Waals surface area contributed by atoms with Gasteiger partial charge < -0.3 is 4.74 Å². The summed E-state index contributed by atoms with van der Waals surface area (Å²) in [5.41, 5.74) is 3.29. The summed E-state index contributed by atoms with van der Waals surface area (Å²) in [6.45, 7) is 1.04. The van der Waals surface area contributed by atoms with E-state index < -0.39 is 10.0 Å². The van der Waals surface area contributed by atoms with E-state index in [0.29, 0.717) is 18.8 Å². The van der Waals surface area contributed by atoms with Crippen LogP contribution in [0.25, 0.3) is 0 Å². The van der Waals surface area contributed by atoms with Gasteiger partial charge in [0, 0.05) is 6.54 Å². The number of sulfonamides is 1. The predicted molar refractivity (Wildman–Crippen MR) is 107 cm³/mol. The maximum atomic E-state index is 12.5. The zero-order chi connectivity index (χ0) is 19.8. The van der Waals surface area contributed by atoms with Crippen LogP contribution in [0.4, 0.5) is 0 Å². The molecule has 0 amide bonds. The van der Waals surface area contributed by atoms with E-state index in [1.165, 1.54) is 24.3 Å². The molecule has 0 radical (unpaired) electrons. The number of ether oxygens (including phenoxy) is 1.